The third-order valence-corrected chi connectivity index (χ3v) is 4.14. The number of rotatable bonds is 8. The van der Waals surface area contributed by atoms with E-state index in [4.69, 9.17) is 9.15 Å². The van der Waals surface area contributed by atoms with E-state index < -0.39 is 6.10 Å². The average Bonchev–Trinajstić information content (AvgIpc) is 3.16. The lowest BCUT2D eigenvalue weighted by molar-refractivity contribution is -0.128. The van der Waals surface area contributed by atoms with Crippen molar-refractivity contribution < 1.29 is 13.9 Å². The molecule has 25 heavy (non-hydrogen) atoms. The smallest absolute Gasteiger partial charge is 0.261 e. The van der Waals surface area contributed by atoms with Crippen LogP contribution in [0.1, 0.15) is 25.5 Å². The summed E-state index contributed by atoms with van der Waals surface area (Å²) in [5.74, 6) is 1.58. The van der Waals surface area contributed by atoms with Crippen LogP contribution in [0.4, 0.5) is 0 Å². The minimum atomic E-state index is -0.482. The van der Waals surface area contributed by atoms with E-state index in [1.807, 2.05) is 55.5 Å². The van der Waals surface area contributed by atoms with E-state index in [9.17, 15) is 4.79 Å². The maximum absolute atomic E-state index is 12.3. The standard InChI is InChI=1S/C21H23NO3/c1-2-20(21(23)22-13-5-9-18-10-6-14-24-18)25-19-12-11-16-7-3-4-8-17(16)15-19/h3-4,6-8,10-12,14-15,20H,2,5,9,13H2,1H3,(H,22,23). The number of carbonyl (C=O) groups excluding carboxylic acids is 1. The van der Waals surface area contributed by atoms with Gasteiger partial charge in [0.1, 0.15) is 11.5 Å². The molecule has 1 heterocycles. The van der Waals surface area contributed by atoms with Crippen LogP contribution in [-0.4, -0.2) is 18.6 Å². The van der Waals surface area contributed by atoms with Crippen LogP contribution in [0.15, 0.2) is 65.3 Å². The second-order valence-electron chi connectivity index (χ2n) is 6.00. The molecule has 1 unspecified atom stereocenters. The molecule has 1 aromatic heterocycles. The summed E-state index contributed by atoms with van der Waals surface area (Å²) in [6, 6.07) is 17.8. The van der Waals surface area contributed by atoms with Crippen molar-refractivity contribution in [2.45, 2.75) is 32.3 Å². The van der Waals surface area contributed by atoms with Gasteiger partial charge in [-0.3, -0.25) is 4.79 Å². The maximum Gasteiger partial charge on any atom is 0.261 e. The fraction of sp³-hybridized carbons (Fsp3) is 0.286. The number of nitrogens with one attached hydrogen (secondary N) is 1. The Morgan fingerprint density at radius 1 is 1.12 bits per heavy atom. The van der Waals surface area contributed by atoms with Crippen molar-refractivity contribution in [3.8, 4) is 5.75 Å². The molecule has 0 radical (unpaired) electrons. The van der Waals surface area contributed by atoms with Gasteiger partial charge in [-0.25, -0.2) is 0 Å². The molecule has 0 saturated carbocycles. The van der Waals surface area contributed by atoms with Gasteiger partial charge in [0.15, 0.2) is 6.10 Å². The molecule has 0 aliphatic rings. The molecule has 130 valence electrons. The van der Waals surface area contributed by atoms with Gasteiger partial charge in [-0.1, -0.05) is 37.3 Å². The molecule has 0 aliphatic heterocycles. The second kappa shape index (κ2) is 8.38. The molecule has 4 heteroatoms. The number of furan rings is 1. The van der Waals surface area contributed by atoms with E-state index in [1.54, 1.807) is 6.26 Å². The minimum absolute atomic E-state index is 0.0740. The molecule has 1 atom stereocenters. The lowest BCUT2D eigenvalue weighted by Gasteiger charge is -2.17. The van der Waals surface area contributed by atoms with E-state index in [0.29, 0.717) is 13.0 Å². The Morgan fingerprint density at radius 2 is 1.96 bits per heavy atom. The predicted octanol–water partition coefficient (Wildman–Crippen LogP) is 4.34. The summed E-state index contributed by atoms with van der Waals surface area (Å²) in [5.41, 5.74) is 0. The third-order valence-electron chi connectivity index (χ3n) is 4.14. The Kier molecular flexibility index (Phi) is 5.73. The first-order valence-corrected chi connectivity index (χ1v) is 8.72. The first kappa shape index (κ1) is 17.1. The maximum atomic E-state index is 12.3. The number of aryl methyl sites for hydroxylation is 1. The minimum Gasteiger partial charge on any atom is -0.481 e. The van der Waals surface area contributed by atoms with Crippen LogP contribution in [0.2, 0.25) is 0 Å². The summed E-state index contributed by atoms with van der Waals surface area (Å²) in [6.45, 7) is 2.56. The van der Waals surface area contributed by atoms with Crippen molar-refractivity contribution in [1.29, 1.82) is 0 Å². The second-order valence-corrected chi connectivity index (χ2v) is 6.00. The molecule has 2 aromatic carbocycles. The highest BCUT2D eigenvalue weighted by Gasteiger charge is 2.18. The average molecular weight is 337 g/mol. The molecular weight excluding hydrogens is 314 g/mol. The van der Waals surface area contributed by atoms with Gasteiger partial charge in [0.05, 0.1) is 6.26 Å². The van der Waals surface area contributed by atoms with Gasteiger partial charge in [-0.15, -0.1) is 0 Å². The van der Waals surface area contributed by atoms with Gasteiger partial charge >= 0.3 is 0 Å². The largest absolute Gasteiger partial charge is 0.481 e. The van der Waals surface area contributed by atoms with Gasteiger partial charge in [0.2, 0.25) is 0 Å². The zero-order valence-electron chi connectivity index (χ0n) is 14.4. The molecular formula is C21H23NO3. The van der Waals surface area contributed by atoms with E-state index in [2.05, 4.69) is 11.4 Å². The summed E-state index contributed by atoms with van der Waals surface area (Å²) in [5, 5.41) is 5.21. The van der Waals surface area contributed by atoms with Crippen LogP contribution in [0, 0.1) is 0 Å². The summed E-state index contributed by atoms with van der Waals surface area (Å²) in [7, 11) is 0. The van der Waals surface area contributed by atoms with Crippen molar-refractivity contribution in [3.63, 3.8) is 0 Å². The topological polar surface area (TPSA) is 51.5 Å². The lowest BCUT2D eigenvalue weighted by atomic mass is 10.1. The van der Waals surface area contributed by atoms with E-state index in [0.717, 1.165) is 35.1 Å². The Morgan fingerprint density at radius 3 is 2.72 bits per heavy atom. The predicted molar refractivity (Wildman–Crippen MR) is 98.7 cm³/mol. The number of carbonyl (C=O) groups is 1. The quantitative estimate of drug-likeness (QED) is 0.622. The third kappa shape index (κ3) is 4.63. The van der Waals surface area contributed by atoms with E-state index >= 15 is 0 Å². The summed E-state index contributed by atoms with van der Waals surface area (Å²) < 4.78 is 11.2. The van der Waals surface area contributed by atoms with Gasteiger partial charge in [0, 0.05) is 13.0 Å². The van der Waals surface area contributed by atoms with E-state index in [-0.39, 0.29) is 5.91 Å². The molecule has 3 rings (SSSR count). The number of benzene rings is 2. The lowest BCUT2D eigenvalue weighted by Crippen LogP contribution is -2.38. The normalized spacial score (nSPS) is 12.0. The molecule has 1 N–H and O–H groups in total. The Hall–Kier alpha value is -2.75. The molecule has 0 saturated heterocycles. The van der Waals surface area contributed by atoms with Crippen LogP contribution in [-0.2, 0) is 11.2 Å². The zero-order valence-corrected chi connectivity index (χ0v) is 14.4. The molecule has 1 amide bonds. The number of hydrogen-bond acceptors (Lipinski definition) is 3. The molecule has 3 aromatic rings. The van der Waals surface area contributed by atoms with Crippen LogP contribution < -0.4 is 10.1 Å². The fourth-order valence-corrected chi connectivity index (χ4v) is 2.77. The fourth-order valence-electron chi connectivity index (χ4n) is 2.77. The molecule has 0 spiro atoms. The molecule has 0 fully saturated rings. The number of ether oxygens (including phenoxy) is 1. The van der Waals surface area contributed by atoms with Gasteiger partial charge in [-0.05, 0) is 47.9 Å². The molecule has 4 nitrogen and oxygen atoms in total. The van der Waals surface area contributed by atoms with Crippen LogP contribution in [0.5, 0.6) is 5.75 Å². The monoisotopic (exact) mass is 337 g/mol. The highest BCUT2D eigenvalue weighted by atomic mass is 16.5. The summed E-state index contributed by atoms with van der Waals surface area (Å²) in [6.07, 6.45) is 3.46. The Bertz CT molecular complexity index is 811. The first-order valence-electron chi connectivity index (χ1n) is 8.72. The van der Waals surface area contributed by atoms with Gasteiger partial charge in [-0.2, -0.15) is 0 Å². The van der Waals surface area contributed by atoms with Crippen LogP contribution >= 0.6 is 0 Å². The highest BCUT2D eigenvalue weighted by molar-refractivity contribution is 5.84. The van der Waals surface area contributed by atoms with E-state index in [1.165, 1.54) is 0 Å². The van der Waals surface area contributed by atoms with Crippen LogP contribution in [0.3, 0.4) is 0 Å². The summed E-state index contributed by atoms with van der Waals surface area (Å²) >= 11 is 0. The van der Waals surface area contributed by atoms with Gasteiger partial charge < -0.3 is 14.5 Å². The van der Waals surface area contributed by atoms with Crippen LogP contribution in [0.25, 0.3) is 10.8 Å². The van der Waals surface area contributed by atoms with Crippen molar-refractivity contribution in [2.24, 2.45) is 0 Å². The number of hydrogen-bond donors (Lipinski definition) is 1. The number of amides is 1. The van der Waals surface area contributed by atoms with Crippen molar-refractivity contribution in [2.75, 3.05) is 6.54 Å². The number of fused-ring (bicyclic) bond motifs is 1. The Balaban J connectivity index is 1.52. The molecule has 0 aliphatic carbocycles. The zero-order chi connectivity index (χ0) is 17.5. The van der Waals surface area contributed by atoms with Crippen molar-refractivity contribution in [1.82, 2.24) is 5.32 Å². The first-order chi connectivity index (χ1) is 12.3. The molecule has 0 bridgehead atoms. The SMILES string of the molecule is CCC(Oc1ccc2ccccc2c1)C(=O)NCCCc1ccco1. The highest BCUT2D eigenvalue weighted by Crippen LogP contribution is 2.22. The Labute approximate surface area is 147 Å². The van der Waals surface area contributed by atoms with Gasteiger partial charge in [0.25, 0.3) is 5.91 Å². The van der Waals surface area contributed by atoms with Crippen molar-refractivity contribution >= 4 is 16.7 Å². The summed E-state index contributed by atoms with van der Waals surface area (Å²) in [4.78, 5) is 12.3. The van der Waals surface area contributed by atoms with Crippen molar-refractivity contribution in [3.05, 3.63) is 66.6 Å².